The molecule has 128 valence electrons. The molecule has 1 aliphatic rings. The number of benzene rings is 1. The SMILES string of the molecule is CCC(C)Nc1nncc(N2CCC(Cc3ccccc3)CC2)n1. The van der Waals surface area contributed by atoms with Crippen LogP contribution in [0.3, 0.4) is 0 Å². The number of aromatic nitrogens is 3. The molecule has 0 bridgehead atoms. The fraction of sp³-hybridized carbons (Fsp3) is 0.526. The molecule has 1 aromatic heterocycles. The molecule has 1 unspecified atom stereocenters. The lowest BCUT2D eigenvalue weighted by atomic mass is 9.90. The van der Waals surface area contributed by atoms with Gasteiger partial charge in [0.2, 0.25) is 5.95 Å². The predicted octanol–water partition coefficient (Wildman–Crippen LogP) is 3.54. The van der Waals surface area contributed by atoms with Gasteiger partial charge in [-0.3, -0.25) is 0 Å². The fourth-order valence-electron chi connectivity index (χ4n) is 3.14. The van der Waals surface area contributed by atoms with Crippen molar-refractivity contribution in [2.45, 2.75) is 45.6 Å². The first kappa shape index (κ1) is 16.7. The highest BCUT2D eigenvalue weighted by Gasteiger charge is 2.21. The van der Waals surface area contributed by atoms with E-state index in [0.717, 1.165) is 31.2 Å². The Morgan fingerprint density at radius 2 is 1.96 bits per heavy atom. The van der Waals surface area contributed by atoms with Gasteiger partial charge in [-0.1, -0.05) is 37.3 Å². The van der Waals surface area contributed by atoms with Crippen molar-refractivity contribution in [3.63, 3.8) is 0 Å². The first-order chi connectivity index (χ1) is 11.7. The summed E-state index contributed by atoms with van der Waals surface area (Å²) in [6.07, 6.45) is 6.40. The maximum Gasteiger partial charge on any atom is 0.244 e. The van der Waals surface area contributed by atoms with E-state index >= 15 is 0 Å². The van der Waals surface area contributed by atoms with Gasteiger partial charge in [0.1, 0.15) is 0 Å². The van der Waals surface area contributed by atoms with Gasteiger partial charge in [0.05, 0.1) is 6.20 Å². The van der Waals surface area contributed by atoms with Gasteiger partial charge in [-0.25, -0.2) is 0 Å². The average molecular weight is 325 g/mol. The Morgan fingerprint density at radius 1 is 1.21 bits per heavy atom. The van der Waals surface area contributed by atoms with Gasteiger partial charge in [0.15, 0.2) is 5.82 Å². The van der Waals surface area contributed by atoms with E-state index in [4.69, 9.17) is 0 Å². The zero-order valence-electron chi connectivity index (χ0n) is 14.7. The highest BCUT2D eigenvalue weighted by Crippen LogP contribution is 2.24. The molecule has 0 radical (unpaired) electrons. The summed E-state index contributed by atoms with van der Waals surface area (Å²) in [6, 6.07) is 11.2. The molecule has 2 aromatic rings. The minimum absolute atomic E-state index is 0.360. The molecular weight excluding hydrogens is 298 g/mol. The van der Waals surface area contributed by atoms with Gasteiger partial charge < -0.3 is 10.2 Å². The summed E-state index contributed by atoms with van der Waals surface area (Å²) in [5, 5.41) is 11.5. The summed E-state index contributed by atoms with van der Waals surface area (Å²) in [5.74, 6) is 2.33. The van der Waals surface area contributed by atoms with Crippen LogP contribution in [-0.2, 0) is 6.42 Å². The highest BCUT2D eigenvalue weighted by molar-refractivity contribution is 5.41. The number of hydrogen-bond acceptors (Lipinski definition) is 5. The summed E-state index contributed by atoms with van der Waals surface area (Å²) >= 11 is 0. The summed E-state index contributed by atoms with van der Waals surface area (Å²) < 4.78 is 0. The maximum absolute atomic E-state index is 4.63. The average Bonchev–Trinajstić information content (AvgIpc) is 2.63. The zero-order valence-corrected chi connectivity index (χ0v) is 14.7. The van der Waals surface area contributed by atoms with Crippen LogP contribution in [-0.4, -0.2) is 34.3 Å². The van der Waals surface area contributed by atoms with Gasteiger partial charge in [0.25, 0.3) is 0 Å². The quantitative estimate of drug-likeness (QED) is 0.880. The van der Waals surface area contributed by atoms with Crippen molar-refractivity contribution >= 4 is 11.8 Å². The zero-order chi connectivity index (χ0) is 16.8. The second-order valence-electron chi connectivity index (χ2n) is 6.71. The fourth-order valence-corrected chi connectivity index (χ4v) is 3.14. The van der Waals surface area contributed by atoms with Crippen LogP contribution in [0.2, 0.25) is 0 Å². The molecule has 1 fully saturated rings. The van der Waals surface area contributed by atoms with Crippen molar-refractivity contribution in [3.05, 3.63) is 42.1 Å². The first-order valence-corrected chi connectivity index (χ1v) is 8.99. The Bertz CT molecular complexity index is 623. The van der Waals surface area contributed by atoms with Crippen molar-refractivity contribution in [2.75, 3.05) is 23.3 Å². The minimum Gasteiger partial charge on any atom is -0.355 e. The number of nitrogens with zero attached hydrogens (tertiary/aromatic N) is 4. The highest BCUT2D eigenvalue weighted by atomic mass is 15.3. The normalized spacial score (nSPS) is 16.8. The van der Waals surface area contributed by atoms with E-state index in [0.29, 0.717) is 12.0 Å². The van der Waals surface area contributed by atoms with Crippen LogP contribution in [0.5, 0.6) is 0 Å². The van der Waals surface area contributed by atoms with Crippen LogP contribution < -0.4 is 10.2 Å². The van der Waals surface area contributed by atoms with Gasteiger partial charge in [0, 0.05) is 19.1 Å². The molecule has 1 aromatic carbocycles. The van der Waals surface area contributed by atoms with E-state index < -0.39 is 0 Å². The number of hydrogen-bond donors (Lipinski definition) is 1. The lowest BCUT2D eigenvalue weighted by Gasteiger charge is -2.32. The van der Waals surface area contributed by atoms with E-state index in [1.165, 1.54) is 24.8 Å². The van der Waals surface area contributed by atoms with Gasteiger partial charge in [-0.15, -0.1) is 5.10 Å². The number of anilines is 2. The van der Waals surface area contributed by atoms with E-state index in [-0.39, 0.29) is 0 Å². The standard InChI is InChI=1S/C19H27N5/c1-3-15(2)21-19-22-18(14-20-23-19)24-11-9-17(10-12-24)13-16-7-5-4-6-8-16/h4-8,14-15,17H,3,9-13H2,1-2H3,(H,21,22,23). The molecule has 24 heavy (non-hydrogen) atoms. The van der Waals surface area contributed by atoms with Crippen molar-refractivity contribution in [1.29, 1.82) is 0 Å². The van der Waals surface area contributed by atoms with E-state index in [9.17, 15) is 0 Å². The van der Waals surface area contributed by atoms with Crippen LogP contribution in [0.1, 0.15) is 38.7 Å². The van der Waals surface area contributed by atoms with Crippen molar-refractivity contribution < 1.29 is 0 Å². The Hall–Kier alpha value is -2.17. The van der Waals surface area contributed by atoms with Crippen LogP contribution in [0.15, 0.2) is 36.5 Å². The molecule has 1 aliphatic heterocycles. The van der Waals surface area contributed by atoms with Crippen LogP contribution in [0.25, 0.3) is 0 Å². The summed E-state index contributed by atoms with van der Waals surface area (Å²) in [5.41, 5.74) is 1.44. The molecule has 2 heterocycles. The third-order valence-corrected chi connectivity index (χ3v) is 4.84. The van der Waals surface area contributed by atoms with Crippen LogP contribution >= 0.6 is 0 Å². The molecule has 3 rings (SSSR count). The molecule has 0 saturated carbocycles. The molecule has 5 nitrogen and oxygen atoms in total. The summed E-state index contributed by atoms with van der Waals surface area (Å²) in [7, 11) is 0. The molecule has 0 aliphatic carbocycles. The van der Waals surface area contributed by atoms with Crippen molar-refractivity contribution in [1.82, 2.24) is 15.2 Å². The number of nitrogens with one attached hydrogen (secondary N) is 1. The third-order valence-electron chi connectivity index (χ3n) is 4.84. The topological polar surface area (TPSA) is 53.9 Å². The Kier molecular flexibility index (Phi) is 5.62. The second-order valence-corrected chi connectivity index (χ2v) is 6.71. The molecule has 0 spiro atoms. The monoisotopic (exact) mass is 325 g/mol. The molecule has 1 atom stereocenters. The molecule has 1 N–H and O–H groups in total. The summed E-state index contributed by atoms with van der Waals surface area (Å²) in [6.45, 7) is 6.36. The Labute approximate surface area is 144 Å². The second kappa shape index (κ2) is 8.08. The van der Waals surface area contributed by atoms with E-state index in [2.05, 4.69) is 69.6 Å². The van der Waals surface area contributed by atoms with Crippen molar-refractivity contribution in [3.8, 4) is 0 Å². The minimum atomic E-state index is 0.360. The molecular formula is C19H27N5. The molecule has 1 saturated heterocycles. The van der Waals surface area contributed by atoms with E-state index in [1.807, 2.05) is 0 Å². The van der Waals surface area contributed by atoms with Gasteiger partial charge in [-0.2, -0.15) is 10.1 Å². The first-order valence-electron chi connectivity index (χ1n) is 8.99. The van der Waals surface area contributed by atoms with Crippen LogP contribution in [0, 0.1) is 5.92 Å². The predicted molar refractivity (Wildman–Crippen MR) is 98.3 cm³/mol. The Morgan fingerprint density at radius 3 is 2.67 bits per heavy atom. The van der Waals surface area contributed by atoms with Gasteiger partial charge in [-0.05, 0) is 44.1 Å². The van der Waals surface area contributed by atoms with Crippen molar-refractivity contribution in [2.24, 2.45) is 5.92 Å². The molecule has 5 heteroatoms. The van der Waals surface area contributed by atoms with E-state index in [1.54, 1.807) is 6.20 Å². The molecule has 0 amide bonds. The lowest BCUT2D eigenvalue weighted by molar-refractivity contribution is 0.402. The Balaban J connectivity index is 1.55. The number of rotatable bonds is 6. The lowest BCUT2D eigenvalue weighted by Crippen LogP contribution is -2.35. The largest absolute Gasteiger partial charge is 0.355 e. The van der Waals surface area contributed by atoms with Gasteiger partial charge >= 0.3 is 0 Å². The third kappa shape index (κ3) is 4.43. The number of piperidine rings is 1. The summed E-state index contributed by atoms with van der Waals surface area (Å²) in [4.78, 5) is 6.97. The van der Waals surface area contributed by atoms with Crippen LogP contribution in [0.4, 0.5) is 11.8 Å². The smallest absolute Gasteiger partial charge is 0.244 e. The maximum atomic E-state index is 4.63.